The van der Waals surface area contributed by atoms with Gasteiger partial charge >= 0.3 is 0 Å². The quantitative estimate of drug-likeness (QED) is 0.356. The van der Waals surface area contributed by atoms with E-state index < -0.39 is 0 Å². The molecule has 0 aromatic carbocycles. The fourth-order valence-electron chi connectivity index (χ4n) is 1.97. The third kappa shape index (κ3) is 6.26. The largest absolute Gasteiger partial charge is 0.377 e. The highest BCUT2D eigenvalue weighted by Crippen LogP contribution is 2.31. The summed E-state index contributed by atoms with van der Waals surface area (Å²) in [7, 11) is 0. The maximum absolute atomic E-state index is 5.70. The zero-order valence-electron chi connectivity index (χ0n) is 10.5. The Kier molecular flexibility index (Phi) is 9.32. The van der Waals surface area contributed by atoms with E-state index in [0.717, 1.165) is 19.0 Å². The van der Waals surface area contributed by atoms with Gasteiger partial charge in [-0.3, -0.25) is 0 Å². The van der Waals surface area contributed by atoms with Gasteiger partial charge in [0.1, 0.15) is 0 Å². The lowest BCUT2D eigenvalue weighted by atomic mass is 9.82. The minimum absolute atomic E-state index is 0.300. The maximum Gasteiger partial charge on any atom is 0.0647 e. The van der Waals surface area contributed by atoms with E-state index in [1.54, 1.807) is 0 Å². The second kappa shape index (κ2) is 9.29. The molecule has 0 unspecified atom stereocenters. The van der Waals surface area contributed by atoms with Gasteiger partial charge < -0.3 is 4.74 Å². The molecule has 0 aromatic heterocycles. The Morgan fingerprint density at radius 3 is 2.20 bits per heavy atom. The van der Waals surface area contributed by atoms with Gasteiger partial charge in [0.2, 0.25) is 0 Å². The van der Waals surface area contributed by atoms with Crippen molar-refractivity contribution in [2.75, 3.05) is 19.0 Å². The second-order valence-corrected chi connectivity index (χ2v) is 4.56. The molecule has 0 aliphatic carbocycles. The van der Waals surface area contributed by atoms with Crippen LogP contribution in [0, 0.1) is 5.41 Å². The summed E-state index contributed by atoms with van der Waals surface area (Å²) in [6.07, 6.45) is 8.96. The van der Waals surface area contributed by atoms with Gasteiger partial charge in [0, 0.05) is 5.41 Å². The summed E-state index contributed by atoms with van der Waals surface area (Å²) in [6, 6.07) is 0. The van der Waals surface area contributed by atoms with Gasteiger partial charge in [0.15, 0.2) is 0 Å². The summed E-state index contributed by atoms with van der Waals surface area (Å²) < 4.78 is 5.70. The van der Waals surface area contributed by atoms with Crippen molar-refractivity contribution in [3.05, 3.63) is 12.2 Å². The van der Waals surface area contributed by atoms with Crippen LogP contribution in [0.25, 0.3) is 0 Å². The van der Waals surface area contributed by atoms with Gasteiger partial charge in [-0.2, -0.15) is 12.6 Å². The molecule has 0 aliphatic heterocycles. The van der Waals surface area contributed by atoms with E-state index in [9.17, 15) is 0 Å². The van der Waals surface area contributed by atoms with Gasteiger partial charge in [0.05, 0.1) is 13.2 Å². The van der Waals surface area contributed by atoms with Gasteiger partial charge in [-0.1, -0.05) is 38.8 Å². The van der Waals surface area contributed by atoms with E-state index in [4.69, 9.17) is 4.74 Å². The van der Waals surface area contributed by atoms with Crippen molar-refractivity contribution < 1.29 is 4.74 Å². The molecule has 15 heavy (non-hydrogen) atoms. The molecule has 0 fully saturated rings. The summed E-state index contributed by atoms with van der Waals surface area (Å²) in [6.45, 7) is 8.08. The predicted molar refractivity (Wildman–Crippen MR) is 71.7 cm³/mol. The van der Waals surface area contributed by atoms with E-state index in [1.165, 1.54) is 25.7 Å². The first kappa shape index (κ1) is 15.0. The molecule has 0 heterocycles. The van der Waals surface area contributed by atoms with Crippen LogP contribution in [0.1, 0.15) is 46.5 Å². The lowest BCUT2D eigenvalue weighted by Crippen LogP contribution is -2.29. The summed E-state index contributed by atoms with van der Waals surface area (Å²) in [5, 5.41) is 0. The SMILES string of the molecule is CC=CCOCC(CS)(CCC)CCC. The van der Waals surface area contributed by atoms with Gasteiger partial charge in [0.25, 0.3) is 0 Å². The van der Waals surface area contributed by atoms with Crippen LogP contribution in [0.15, 0.2) is 12.2 Å². The third-order valence-electron chi connectivity index (χ3n) is 2.75. The third-order valence-corrected chi connectivity index (χ3v) is 3.42. The first-order chi connectivity index (χ1) is 7.24. The fraction of sp³-hybridized carbons (Fsp3) is 0.846. The smallest absolute Gasteiger partial charge is 0.0647 e. The molecule has 0 N–H and O–H groups in total. The van der Waals surface area contributed by atoms with Crippen molar-refractivity contribution in [1.82, 2.24) is 0 Å². The van der Waals surface area contributed by atoms with E-state index >= 15 is 0 Å². The highest BCUT2D eigenvalue weighted by molar-refractivity contribution is 7.80. The molecule has 0 spiro atoms. The fourth-order valence-corrected chi connectivity index (χ4v) is 2.38. The van der Waals surface area contributed by atoms with Crippen molar-refractivity contribution in [3.8, 4) is 0 Å². The Morgan fingerprint density at radius 2 is 1.80 bits per heavy atom. The average Bonchev–Trinajstić information content (AvgIpc) is 2.25. The molecule has 90 valence electrons. The summed E-state index contributed by atoms with van der Waals surface area (Å²) in [5.41, 5.74) is 0.300. The number of hydrogen-bond donors (Lipinski definition) is 1. The minimum Gasteiger partial charge on any atom is -0.377 e. The van der Waals surface area contributed by atoms with Crippen LogP contribution >= 0.6 is 12.6 Å². The van der Waals surface area contributed by atoms with Crippen LogP contribution in [-0.4, -0.2) is 19.0 Å². The number of hydrogen-bond acceptors (Lipinski definition) is 2. The number of allylic oxidation sites excluding steroid dienone is 1. The lowest BCUT2D eigenvalue weighted by Gasteiger charge is -2.31. The van der Waals surface area contributed by atoms with Crippen LogP contribution < -0.4 is 0 Å². The van der Waals surface area contributed by atoms with Crippen LogP contribution in [0.3, 0.4) is 0 Å². The first-order valence-electron chi connectivity index (χ1n) is 6.04. The van der Waals surface area contributed by atoms with Crippen LogP contribution in [0.2, 0.25) is 0 Å². The second-order valence-electron chi connectivity index (χ2n) is 4.24. The van der Waals surface area contributed by atoms with Crippen molar-refractivity contribution >= 4 is 12.6 Å². The van der Waals surface area contributed by atoms with Crippen molar-refractivity contribution in [1.29, 1.82) is 0 Å². The molecule has 0 aliphatic rings. The highest BCUT2D eigenvalue weighted by Gasteiger charge is 2.26. The molecule has 0 aromatic rings. The Bertz CT molecular complexity index is 160. The van der Waals surface area contributed by atoms with E-state index in [2.05, 4.69) is 32.6 Å². The average molecular weight is 230 g/mol. The molecule has 2 heteroatoms. The van der Waals surface area contributed by atoms with E-state index in [0.29, 0.717) is 5.41 Å². The molecule has 0 saturated heterocycles. The van der Waals surface area contributed by atoms with Crippen LogP contribution in [0.4, 0.5) is 0 Å². The van der Waals surface area contributed by atoms with E-state index in [1.807, 2.05) is 13.0 Å². The Morgan fingerprint density at radius 1 is 1.20 bits per heavy atom. The highest BCUT2D eigenvalue weighted by atomic mass is 32.1. The van der Waals surface area contributed by atoms with Crippen molar-refractivity contribution in [3.63, 3.8) is 0 Å². The Labute approximate surface area is 101 Å². The molecule has 0 atom stereocenters. The molecule has 0 amide bonds. The van der Waals surface area contributed by atoms with Gasteiger partial charge in [-0.05, 0) is 25.5 Å². The minimum atomic E-state index is 0.300. The molecule has 0 bridgehead atoms. The molecule has 0 rings (SSSR count). The van der Waals surface area contributed by atoms with Crippen molar-refractivity contribution in [2.45, 2.75) is 46.5 Å². The lowest BCUT2D eigenvalue weighted by molar-refractivity contribution is 0.0608. The van der Waals surface area contributed by atoms with Crippen LogP contribution in [0.5, 0.6) is 0 Å². The summed E-state index contributed by atoms with van der Waals surface area (Å²) in [5.74, 6) is 0.935. The molecular weight excluding hydrogens is 204 g/mol. The topological polar surface area (TPSA) is 9.23 Å². The number of rotatable bonds is 9. The predicted octanol–water partition coefficient (Wildman–Crippen LogP) is 4.10. The van der Waals surface area contributed by atoms with Gasteiger partial charge in [-0.25, -0.2) is 0 Å². The molecular formula is C13H26OS. The number of thiol groups is 1. The summed E-state index contributed by atoms with van der Waals surface area (Å²) >= 11 is 4.50. The Hall–Kier alpha value is 0.0500. The zero-order valence-corrected chi connectivity index (χ0v) is 11.4. The number of ether oxygens (including phenoxy) is 1. The zero-order chi connectivity index (χ0) is 11.6. The van der Waals surface area contributed by atoms with Crippen molar-refractivity contribution in [2.24, 2.45) is 5.41 Å². The molecule has 0 radical (unpaired) electrons. The maximum atomic E-state index is 5.70. The first-order valence-corrected chi connectivity index (χ1v) is 6.67. The normalized spacial score (nSPS) is 12.5. The standard InChI is InChI=1S/C13H26OS/c1-4-7-10-14-11-13(12-15,8-5-2)9-6-3/h4,7,15H,5-6,8-12H2,1-3H3. The summed E-state index contributed by atoms with van der Waals surface area (Å²) in [4.78, 5) is 0. The molecule has 0 saturated carbocycles. The van der Waals surface area contributed by atoms with Crippen LogP contribution in [-0.2, 0) is 4.74 Å². The Balaban J connectivity index is 4.07. The van der Waals surface area contributed by atoms with E-state index in [-0.39, 0.29) is 0 Å². The van der Waals surface area contributed by atoms with Gasteiger partial charge in [-0.15, -0.1) is 0 Å². The monoisotopic (exact) mass is 230 g/mol. The molecule has 1 nitrogen and oxygen atoms in total.